The lowest BCUT2D eigenvalue weighted by molar-refractivity contribution is -0.161. The van der Waals surface area contributed by atoms with Gasteiger partial charge >= 0.3 is 12.2 Å². The Balaban J connectivity index is 1.20. The van der Waals surface area contributed by atoms with Crippen LogP contribution in [0.1, 0.15) is 79.8 Å². The highest BCUT2D eigenvalue weighted by Gasteiger charge is 2.75. The van der Waals surface area contributed by atoms with Crippen LogP contribution in [-0.4, -0.2) is 60.9 Å². The van der Waals surface area contributed by atoms with E-state index in [1.165, 1.54) is 18.5 Å². The van der Waals surface area contributed by atoms with Gasteiger partial charge in [-0.15, -0.1) is 0 Å². The maximum absolute atomic E-state index is 15.7. The number of aryl methyl sites for hydroxylation is 1. The number of aromatic nitrogens is 4. The van der Waals surface area contributed by atoms with Crippen molar-refractivity contribution >= 4 is 61.7 Å². The van der Waals surface area contributed by atoms with Crippen LogP contribution >= 0.6 is 15.9 Å². The van der Waals surface area contributed by atoms with Crippen molar-refractivity contribution in [3.63, 3.8) is 0 Å². The van der Waals surface area contributed by atoms with Crippen LogP contribution in [0.5, 0.6) is 0 Å². The van der Waals surface area contributed by atoms with Crippen LogP contribution in [0.25, 0.3) is 21.9 Å². The minimum absolute atomic E-state index is 0.0184. The van der Waals surface area contributed by atoms with E-state index in [1.807, 2.05) is 26.1 Å². The number of halogens is 2. The van der Waals surface area contributed by atoms with Gasteiger partial charge in [0.2, 0.25) is 0 Å². The molecule has 14 heteroatoms. The third-order valence-electron chi connectivity index (χ3n) is 9.61. The van der Waals surface area contributed by atoms with Gasteiger partial charge in [0.25, 0.3) is 0 Å². The minimum Gasteiger partial charge on any atom is -0.443 e. The summed E-state index contributed by atoms with van der Waals surface area (Å²) < 4.78 is 42.3. The fourth-order valence-electron chi connectivity index (χ4n) is 7.66. The number of imide groups is 1. The lowest BCUT2D eigenvalue weighted by atomic mass is 9.91. The molecular formula is C36H42BrFN6O6. The second-order valence-corrected chi connectivity index (χ2v) is 16.9. The number of pyridine rings is 1. The van der Waals surface area contributed by atoms with Crippen LogP contribution in [0.4, 0.5) is 25.6 Å². The molecule has 2 N–H and O–H groups in total. The molecular weight excluding hydrogens is 711 g/mol. The molecule has 7 rings (SSSR count). The molecule has 0 spiro atoms. The fourth-order valence-corrected chi connectivity index (χ4v) is 8.15. The zero-order valence-corrected chi connectivity index (χ0v) is 31.0. The molecule has 2 aliphatic carbocycles. The zero-order chi connectivity index (χ0) is 36.1. The molecule has 2 amide bonds. The molecule has 1 saturated heterocycles. The van der Waals surface area contributed by atoms with Crippen LogP contribution < -0.4 is 10.6 Å². The second kappa shape index (κ2) is 11.6. The number of carbonyl (C=O) groups excluding carboxylic acids is 2. The smallest absolute Gasteiger partial charge is 0.425 e. The Morgan fingerprint density at radius 1 is 1.06 bits per heavy atom. The Morgan fingerprint density at radius 3 is 2.40 bits per heavy atom. The number of benzene rings is 1. The summed E-state index contributed by atoms with van der Waals surface area (Å²) in [7, 11) is 0. The lowest BCUT2D eigenvalue weighted by Gasteiger charge is -2.28. The normalized spacial score (nSPS) is 25.4. The van der Waals surface area contributed by atoms with Crippen molar-refractivity contribution in [2.75, 3.05) is 10.6 Å². The number of rotatable bonds is 5. The molecule has 4 aromatic rings. The van der Waals surface area contributed by atoms with Crippen LogP contribution in [0.3, 0.4) is 0 Å². The topological polar surface area (TPSA) is 144 Å². The third-order valence-corrected chi connectivity index (χ3v) is 10.2. The predicted molar refractivity (Wildman–Crippen MR) is 188 cm³/mol. The zero-order valence-electron chi connectivity index (χ0n) is 29.4. The molecule has 2 saturated carbocycles. The number of carbonyl (C=O) groups is 2. The van der Waals surface area contributed by atoms with Gasteiger partial charge in [0, 0.05) is 17.0 Å². The number of amides is 2. The van der Waals surface area contributed by atoms with E-state index in [9.17, 15) is 9.59 Å². The summed E-state index contributed by atoms with van der Waals surface area (Å²) in [5, 5.41) is 1.03. The van der Waals surface area contributed by atoms with Gasteiger partial charge in [0.1, 0.15) is 40.9 Å². The van der Waals surface area contributed by atoms with E-state index in [0.717, 1.165) is 34.3 Å². The number of ether oxygens (including phenoxy) is 4. The second-order valence-electron chi connectivity index (χ2n) is 16.0. The quantitative estimate of drug-likeness (QED) is 0.214. The Hall–Kier alpha value is -3.88. The summed E-state index contributed by atoms with van der Waals surface area (Å²) in [6.07, 6.45) is 3.37. The summed E-state index contributed by atoms with van der Waals surface area (Å²) >= 11 is 3.40. The molecule has 3 aromatic heterocycles. The first-order valence-electron chi connectivity index (χ1n) is 16.7. The fraction of sp³-hybridized carbons (Fsp3) is 0.528. The highest BCUT2D eigenvalue weighted by Crippen LogP contribution is 2.73. The molecule has 4 heterocycles. The molecule has 5 atom stereocenters. The number of anilines is 2. The van der Waals surface area contributed by atoms with Crippen LogP contribution in [-0.2, 0) is 25.4 Å². The van der Waals surface area contributed by atoms with Crippen LogP contribution in [0, 0.1) is 17.2 Å². The maximum atomic E-state index is 15.7. The van der Waals surface area contributed by atoms with Crippen molar-refractivity contribution in [1.29, 1.82) is 0 Å². The van der Waals surface area contributed by atoms with Gasteiger partial charge in [-0.2, -0.15) is 4.90 Å². The van der Waals surface area contributed by atoms with Gasteiger partial charge in [-0.25, -0.2) is 28.9 Å². The van der Waals surface area contributed by atoms with E-state index in [2.05, 4.69) is 35.4 Å². The molecule has 3 aliphatic rings. The first kappa shape index (κ1) is 34.6. The number of nitrogens with two attached hydrogens (primary N) is 1. The van der Waals surface area contributed by atoms with Crippen molar-refractivity contribution in [2.45, 2.75) is 110 Å². The molecule has 0 unspecified atom stereocenters. The van der Waals surface area contributed by atoms with Crippen molar-refractivity contribution in [1.82, 2.24) is 19.5 Å². The van der Waals surface area contributed by atoms with Gasteiger partial charge < -0.3 is 29.2 Å². The summed E-state index contributed by atoms with van der Waals surface area (Å²) in [4.78, 5) is 40.8. The van der Waals surface area contributed by atoms with Crippen molar-refractivity contribution in [3.05, 3.63) is 52.6 Å². The highest BCUT2D eigenvalue weighted by molar-refractivity contribution is 9.10. The predicted octanol–water partition coefficient (Wildman–Crippen LogP) is 7.85. The molecule has 1 aliphatic heterocycles. The average Bonchev–Trinajstić information content (AvgIpc) is 3.22. The molecule has 0 radical (unpaired) electrons. The van der Waals surface area contributed by atoms with Crippen LogP contribution in [0.15, 0.2) is 41.3 Å². The summed E-state index contributed by atoms with van der Waals surface area (Å²) in [5.74, 6) is -0.619. The Labute approximate surface area is 297 Å². The van der Waals surface area contributed by atoms with E-state index in [0.29, 0.717) is 12.2 Å². The standard InChI is InChI=1S/C36H42BrFN6O6/c1-33(2,3)49-31(45)44(32(46)50-34(4,5)6)30-22(37)15-20-23(38)13-18(14-24(20)42-30)9-11-36-16-21(36)25(26-27(36)48-35(7,8)47-26)43-12-10-19-28(39)40-17-41-29(19)43/h10,12-15,17,21,25-27H,9,11,16H2,1-8H3,(H2,39,40,41)/t21-,25-,26+,27+,36+/m1/s1. The SMILES string of the molecule is CC(C)(C)OC(=O)N(C(=O)OC(C)(C)C)c1nc2cc(CC[C@]34C[C@@H]3[C@@H](n3ccc5c(N)ncnc53)[C@@H]3OC(C)(C)O[C@@H]34)cc(F)c2cc1Br. The Morgan fingerprint density at radius 2 is 1.74 bits per heavy atom. The van der Waals surface area contributed by atoms with Crippen molar-refractivity contribution in [3.8, 4) is 0 Å². The number of nitrogen functional groups attached to an aromatic ring is 1. The van der Waals surface area contributed by atoms with Gasteiger partial charge in [0.15, 0.2) is 11.6 Å². The molecule has 3 fully saturated rings. The summed E-state index contributed by atoms with van der Waals surface area (Å²) in [6, 6.07) is 6.74. The molecule has 50 heavy (non-hydrogen) atoms. The summed E-state index contributed by atoms with van der Waals surface area (Å²) in [6.45, 7) is 14.0. The molecule has 266 valence electrons. The Bertz CT molecular complexity index is 2010. The average molecular weight is 754 g/mol. The monoisotopic (exact) mass is 752 g/mol. The maximum Gasteiger partial charge on any atom is 0.425 e. The van der Waals surface area contributed by atoms with Gasteiger partial charge in [-0.05, 0) is 126 Å². The molecule has 1 aromatic carbocycles. The number of hydrogen-bond donors (Lipinski definition) is 1. The number of hydrogen-bond acceptors (Lipinski definition) is 10. The number of fused-ring (bicyclic) bond motifs is 5. The van der Waals surface area contributed by atoms with Crippen LogP contribution in [0.2, 0.25) is 0 Å². The summed E-state index contributed by atoms with van der Waals surface area (Å²) in [5.41, 5.74) is 5.92. The van der Waals surface area contributed by atoms with E-state index in [4.69, 9.17) is 24.7 Å². The number of nitrogens with zero attached hydrogens (tertiary/aromatic N) is 5. The van der Waals surface area contributed by atoms with E-state index >= 15 is 4.39 Å². The van der Waals surface area contributed by atoms with E-state index in [1.54, 1.807) is 47.6 Å². The van der Waals surface area contributed by atoms with Crippen molar-refractivity contribution in [2.24, 2.45) is 11.3 Å². The van der Waals surface area contributed by atoms with Gasteiger partial charge in [0.05, 0.1) is 27.5 Å². The van der Waals surface area contributed by atoms with E-state index < -0.39 is 35.0 Å². The minimum atomic E-state index is -0.966. The first-order chi connectivity index (χ1) is 23.3. The third kappa shape index (κ3) is 6.08. The Kier molecular flexibility index (Phi) is 8.00. The van der Waals surface area contributed by atoms with Gasteiger partial charge in [-0.3, -0.25) is 0 Å². The van der Waals surface area contributed by atoms with Crippen molar-refractivity contribution < 1.29 is 32.9 Å². The first-order valence-corrected chi connectivity index (χ1v) is 17.5. The molecule has 0 bridgehead atoms. The largest absolute Gasteiger partial charge is 0.443 e. The lowest BCUT2D eigenvalue weighted by Crippen LogP contribution is -2.44. The van der Waals surface area contributed by atoms with Gasteiger partial charge in [-0.1, -0.05) is 0 Å². The highest BCUT2D eigenvalue weighted by atomic mass is 79.9. The molecule has 12 nitrogen and oxygen atoms in total. The van der Waals surface area contributed by atoms with E-state index in [-0.39, 0.29) is 50.8 Å².